The van der Waals surface area contributed by atoms with Gasteiger partial charge in [0.1, 0.15) is 0 Å². The number of benzene rings is 2. The van der Waals surface area contributed by atoms with Crippen molar-refractivity contribution in [1.29, 1.82) is 0 Å². The molecule has 1 aliphatic carbocycles. The Morgan fingerprint density at radius 3 is 2.31 bits per heavy atom. The Morgan fingerprint density at radius 1 is 0.966 bits per heavy atom. The number of aromatic nitrogens is 2. The topological polar surface area (TPSA) is 64.0 Å². The van der Waals surface area contributed by atoms with Gasteiger partial charge in [0.15, 0.2) is 11.5 Å². The fourth-order valence-corrected chi connectivity index (χ4v) is 3.40. The van der Waals surface area contributed by atoms with E-state index in [0.717, 1.165) is 18.5 Å². The highest BCUT2D eigenvalue weighted by Gasteiger charge is 2.32. The van der Waals surface area contributed by atoms with Gasteiger partial charge in [-0.15, -0.1) is 0 Å². The van der Waals surface area contributed by atoms with Gasteiger partial charge in [-0.1, -0.05) is 42.5 Å². The first-order valence-corrected chi connectivity index (χ1v) is 9.94. The molecule has 0 saturated heterocycles. The second-order valence-corrected chi connectivity index (χ2v) is 8.54. The van der Waals surface area contributed by atoms with Crippen molar-refractivity contribution in [2.45, 2.75) is 45.1 Å². The summed E-state index contributed by atoms with van der Waals surface area (Å²) in [5.41, 5.74) is 3.08. The number of nitrogens with one attached hydrogen (secondary N) is 1. The van der Waals surface area contributed by atoms with Crippen molar-refractivity contribution in [1.82, 2.24) is 9.78 Å². The molecule has 148 valence electrons. The van der Waals surface area contributed by atoms with Crippen molar-refractivity contribution in [2.75, 3.05) is 5.32 Å². The van der Waals surface area contributed by atoms with Crippen molar-refractivity contribution >= 4 is 17.4 Å². The minimum absolute atomic E-state index is 0.0743. The number of carbonyl (C=O) groups excluding carboxylic acids is 2. The predicted octanol–water partition coefficient (Wildman–Crippen LogP) is 5.00. The van der Waals surface area contributed by atoms with Gasteiger partial charge in [-0.3, -0.25) is 14.3 Å². The molecule has 1 fully saturated rings. The molecule has 3 aromatic rings. The summed E-state index contributed by atoms with van der Waals surface area (Å²) in [6.45, 7) is 6.27. The van der Waals surface area contributed by atoms with E-state index in [1.54, 1.807) is 36.4 Å². The summed E-state index contributed by atoms with van der Waals surface area (Å²) in [4.78, 5) is 25.5. The van der Waals surface area contributed by atoms with Crippen LogP contribution in [0.1, 0.15) is 71.6 Å². The van der Waals surface area contributed by atoms with Crippen molar-refractivity contribution in [3.63, 3.8) is 0 Å². The summed E-state index contributed by atoms with van der Waals surface area (Å²) in [6.07, 6.45) is 2.29. The Labute approximate surface area is 170 Å². The highest BCUT2D eigenvalue weighted by molar-refractivity contribution is 6.10. The van der Waals surface area contributed by atoms with Crippen LogP contribution < -0.4 is 5.32 Å². The molecule has 5 nitrogen and oxygen atoms in total. The second-order valence-electron chi connectivity index (χ2n) is 8.54. The zero-order valence-corrected chi connectivity index (χ0v) is 17.0. The molecule has 1 aromatic heterocycles. The number of anilines is 1. The molecule has 1 amide bonds. The number of ketones is 1. The molecule has 29 heavy (non-hydrogen) atoms. The third-order valence-electron chi connectivity index (χ3n) is 5.02. The van der Waals surface area contributed by atoms with E-state index >= 15 is 0 Å². The first-order chi connectivity index (χ1) is 13.8. The first-order valence-electron chi connectivity index (χ1n) is 9.94. The molecule has 0 atom stereocenters. The maximum Gasteiger partial charge on any atom is 0.276 e. The molecule has 2 aromatic carbocycles. The summed E-state index contributed by atoms with van der Waals surface area (Å²) in [7, 11) is 0. The summed E-state index contributed by atoms with van der Waals surface area (Å²) in [5, 5.41) is 7.47. The van der Waals surface area contributed by atoms with Crippen LogP contribution >= 0.6 is 0 Å². The summed E-state index contributed by atoms with van der Waals surface area (Å²) < 4.78 is 1.97. The Balaban J connectivity index is 1.56. The number of amides is 1. The van der Waals surface area contributed by atoms with E-state index in [2.05, 4.69) is 31.2 Å². The maximum atomic E-state index is 12.8. The largest absolute Gasteiger partial charge is 0.321 e. The van der Waals surface area contributed by atoms with E-state index in [1.807, 2.05) is 28.9 Å². The van der Waals surface area contributed by atoms with E-state index in [0.29, 0.717) is 28.4 Å². The lowest BCUT2D eigenvalue weighted by Crippen LogP contribution is -2.25. The van der Waals surface area contributed by atoms with Gasteiger partial charge in [0.2, 0.25) is 0 Å². The standard InChI is InChI=1S/C24H25N3O2/c1-24(2,3)27-21(16-12-13-16)15-20(26-27)23(29)25-19-11-7-10-18(14-19)22(28)17-8-5-4-6-9-17/h4-11,14-16H,12-13H2,1-3H3,(H,25,29). The Kier molecular flexibility index (Phi) is 4.82. The monoisotopic (exact) mass is 387 g/mol. The minimum Gasteiger partial charge on any atom is -0.321 e. The van der Waals surface area contributed by atoms with Gasteiger partial charge in [-0.25, -0.2) is 0 Å². The first kappa shape index (κ1) is 19.1. The van der Waals surface area contributed by atoms with Gasteiger partial charge in [0.25, 0.3) is 5.91 Å². The van der Waals surface area contributed by atoms with Gasteiger partial charge in [0, 0.05) is 28.4 Å². The highest BCUT2D eigenvalue weighted by atomic mass is 16.2. The molecule has 0 radical (unpaired) electrons. The van der Waals surface area contributed by atoms with Crippen LogP contribution in [0.2, 0.25) is 0 Å². The van der Waals surface area contributed by atoms with Gasteiger partial charge >= 0.3 is 0 Å². The summed E-state index contributed by atoms with van der Waals surface area (Å²) in [6, 6.07) is 18.0. The summed E-state index contributed by atoms with van der Waals surface area (Å²) >= 11 is 0. The van der Waals surface area contributed by atoms with E-state index in [1.165, 1.54) is 0 Å². The number of hydrogen-bond acceptors (Lipinski definition) is 3. The van der Waals surface area contributed by atoms with Crippen molar-refractivity contribution in [3.8, 4) is 0 Å². The molecule has 1 N–H and O–H groups in total. The van der Waals surface area contributed by atoms with Crippen LogP contribution in [0.5, 0.6) is 0 Å². The van der Waals surface area contributed by atoms with Crippen LogP contribution in [0.3, 0.4) is 0 Å². The van der Waals surface area contributed by atoms with Crippen LogP contribution in [-0.4, -0.2) is 21.5 Å². The van der Waals surface area contributed by atoms with E-state index < -0.39 is 0 Å². The normalized spacial score (nSPS) is 13.9. The SMILES string of the molecule is CC(C)(C)n1nc(C(=O)Nc2cccc(C(=O)c3ccccc3)c2)cc1C1CC1. The van der Waals surface area contributed by atoms with Gasteiger partial charge < -0.3 is 5.32 Å². The van der Waals surface area contributed by atoms with Crippen LogP contribution in [0.15, 0.2) is 60.7 Å². The van der Waals surface area contributed by atoms with Crippen molar-refractivity contribution < 1.29 is 9.59 Å². The number of rotatable bonds is 5. The quantitative estimate of drug-likeness (QED) is 0.627. The molecule has 0 spiro atoms. The molecule has 1 heterocycles. The second kappa shape index (κ2) is 7.32. The molecule has 5 heteroatoms. The van der Waals surface area contributed by atoms with Gasteiger partial charge in [-0.2, -0.15) is 5.10 Å². The molecule has 0 bridgehead atoms. The lowest BCUT2D eigenvalue weighted by Gasteiger charge is -2.22. The lowest BCUT2D eigenvalue weighted by atomic mass is 10.0. The number of carbonyl (C=O) groups is 2. The summed E-state index contributed by atoms with van der Waals surface area (Å²) in [5.74, 6) is 0.157. The lowest BCUT2D eigenvalue weighted by molar-refractivity contribution is 0.101. The molecular formula is C24H25N3O2. The van der Waals surface area contributed by atoms with Gasteiger partial charge in [0.05, 0.1) is 5.54 Å². The smallest absolute Gasteiger partial charge is 0.276 e. The van der Waals surface area contributed by atoms with E-state index in [9.17, 15) is 9.59 Å². The molecule has 1 aliphatic rings. The van der Waals surface area contributed by atoms with Crippen LogP contribution in [-0.2, 0) is 5.54 Å². The zero-order valence-electron chi connectivity index (χ0n) is 17.0. The average Bonchev–Trinajstić information content (AvgIpc) is 3.44. The third kappa shape index (κ3) is 4.14. The Hall–Kier alpha value is -3.21. The fourth-order valence-electron chi connectivity index (χ4n) is 3.40. The third-order valence-corrected chi connectivity index (χ3v) is 5.02. The number of hydrogen-bond donors (Lipinski definition) is 1. The van der Waals surface area contributed by atoms with Crippen molar-refractivity contribution in [3.05, 3.63) is 83.2 Å². The molecule has 1 saturated carbocycles. The average molecular weight is 387 g/mol. The molecule has 4 rings (SSSR count). The van der Waals surface area contributed by atoms with Crippen LogP contribution in [0.25, 0.3) is 0 Å². The van der Waals surface area contributed by atoms with Crippen LogP contribution in [0, 0.1) is 0 Å². The molecular weight excluding hydrogens is 362 g/mol. The highest BCUT2D eigenvalue weighted by Crippen LogP contribution is 2.41. The number of nitrogens with zero attached hydrogens (tertiary/aromatic N) is 2. The maximum absolute atomic E-state index is 12.8. The van der Waals surface area contributed by atoms with E-state index in [4.69, 9.17) is 0 Å². The van der Waals surface area contributed by atoms with Crippen LogP contribution in [0.4, 0.5) is 5.69 Å². The zero-order chi connectivity index (χ0) is 20.6. The fraction of sp³-hybridized carbons (Fsp3) is 0.292. The van der Waals surface area contributed by atoms with Crippen molar-refractivity contribution in [2.24, 2.45) is 0 Å². The Bertz CT molecular complexity index is 1060. The predicted molar refractivity (Wildman–Crippen MR) is 113 cm³/mol. The van der Waals surface area contributed by atoms with E-state index in [-0.39, 0.29) is 17.2 Å². The Morgan fingerprint density at radius 2 is 1.66 bits per heavy atom. The molecule has 0 aliphatic heterocycles. The molecule has 0 unspecified atom stereocenters. The van der Waals surface area contributed by atoms with Gasteiger partial charge in [-0.05, 0) is 51.8 Å². The minimum atomic E-state index is -0.265.